The minimum Gasteiger partial charge on any atom is -0.326 e. The summed E-state index contributed by atoms with van der Waals surface area (Å²) in [5.41, 5.74) is 7.11. The van der Waals surface area contributed by atoms with Gasteiger partial charge in [-0.05, 0) is 23.8 Å². The average Bonchev–Trinajstić information content (AvgIpc) is 2.40. The van der Waals surface area contributed by atoms with Crippen LogP contribution in [0.5, 0.6) is 0 Å². The zero-order chi connectivity index (χ0) is 12.1. The van der Waals surface area contributed by atoms with Crippen molar-refractivity contribution < 1.29 is 0 Å². The number of hydrogen-bond acceptors (Lipinski definition) is 5. The molecule has 2 rings (SSSR count). The number of nitrogens with zero attached hydrogens (tertiary/aromatic N) is 3. The van der Waals surface area contributed by atoms with Gasteiger partial charge in [0.05, 0.1) is 5.56 Å². The van der Waals surface area contributed by atoms with E-state index in [0.717, 1.165) is 15.5 Å². The van der Waals surface area contributed by atoms with Gasteiger partial charge in [-0.2, -0.15) is 5.26 Å². The maximum atomic E-state index is 9.08. The minimum atomic E-state index is 0.438. The highest BCUT2D eigenvalue weighted by molar-refractivity contribution is 7.99. The lowest BCUT2D eigenvalue weighted by Gasteiger charge is -2.04. The van der Waals surface area contributed by atoms with Crippen molar-refractivity contribution in [1.29, 1.82) is 5.26 Å². The molecule has 0 fully saturated rings. The standard InChI is InChI=1S/C12H10N4S/c13-6-9-1-2-11(10(5-9)7-14)17-12-3-4-15-8-16-12/h1-5,8H,6,13H2. The first-order valence-corrected chi connectivity index (χ1v) is 5.82. The molecule has 1 aromatic heterocycles. The minimum absolute atomic E-state index is 0.438. The highest BCUT2D eigenvalue weighted by Crippen LogP contribution is 2.28. The Morgan fingerprint density at radius 2 is 2.24 bits per heavy atom. The second-order valence-corrected chi connectivity index (χ2v) is 4.36. The van der Waals surface area contributed by atoms with E-state index in [-0.39, 0.29) is 0 Å². The predicted octanol–water partition coefficient (Wildman–Crippen LogP) is 1.96. The number of benzene rings is 1. The summed E-state index contributed by atoms with van der Waals surface area (Å²) in [7, 11) is 0. The maximum Gasteiger partial charge on any atom is 0.116 e. The van der Waals surface area contributed by atoms with Crippen molar-refractivity contribution in [3.63, 3.8) is 0 Å². The molecule has 84 valence electrons. The SMILES string of the molecule is N#Cc1cc(CN)ccc1Sc1ccncn1. The van der Waals surface area contributed by atoms with Gasteiger partial charge >= 0.3 is 0 Å². The Morgan fingerprint density at radius 1 is 1.35 bits per heavy atom. The van der Waals surface area contributed by atoms with E-state index in [1.807, 2.05) is 24.3 Å². The summed E-state index contributed by atoms with van der Waals surface area (Å²) in [6.45, 7) is 0.438. The van der Waals surface area contributed by atoms with E-state index in [2.05, 4.69) is 16.0 Å². The van der Waals surface area contributed by atoms with Crippen molar-refractivity contribution in [2.45, 2.75) is 16.5 Å². The molecule has 2 N–H and O–H groups in total. The van der Waals surface area contributed by atoms with Crippen LogP contribution in [0.15, 0.2) is 46.7 Å². The molecule has 0 aliphatic carbocycles. The monoisotopic (exact) mass is 242 g/mol. The first-order valence-electron chi connectivity index (χ1n) is 5.00. The van der Waals surface area contributed by atoms with Gasteiger partial charge in [0.25, 0.3) is 0 Å². The van der Waals surface area contributed by atoms with Crippen molar-refractivity contribution in [2.24, 2.45) is 5.73 Å². The van der Waals surface area contributed by atoms with Crippen molar-refractivity contribution >= 4 is 11.8 Å². The van der Waals surface area contributed by atoms with Crippen LogP contribution in [0.2, 0.25) is 0 Å². The van der Waals surface area contributed by atoms with Gasteiger partial charge in [0.2, 0.25) is 0 Å². The van der Waals surface area contributed by atoms with Crippen molar-refractivity contribution in [1.82, 2.24) is 9.97 Å². The van der Waals surface area contributed by atoms with Gasteiger partial charge in [-0.15, -0.1) is 0 Å². The van der Waals surface area contributed by atoms with E-state index in [1.165, 1.54) is 18.1 Å². The molecular formula is C12H10N4S. The Kier molecular flexibility index (Phi) is 3.70. The molecule has 0 spiro atoms. The second-order valence-electron chi connectivity index (χ2n) is 3.30. The van der Waals surface area contributed by atoms with Crippen LogP contribution in [0.4, 0.5) is 0 Å². The van der Waals surface area contributed by atoms with Gasteiger partial charge in [-0.1, -0.05) is 17.8 Å². The van der Waals surface area contributed by atoms with Crippen LogP contribution in [-0.2, 0) is 6.54 Å². The van der Waals surface area contributed by atoms with Crippen LogP contribution in [0.3, 0.4) is 0 Å². The first kappa shape index (κ1) is 11.6. The van der Waals surface area contributed by atoms with Crippen LogP contribution in [0, 0.1) is 11.3 Å². The lowest BCUT2D eigenvalue weighted by Crippen LogP contribution is -1.97. The summed E-state index contributed by atoms with van der Waals surface area (Å²) in [5, 5.41) is 9.90. The zero-order valence-electron chi connectivity index (χ0n) is 9.00. The predicted molar refractivity (Wildman–Crippen MR) is 65.2 cm³/mol. The van der Waals surface area contributed by atoms with Gasteiger partial charge in [0.15, 0.2) is 0 Å². The summed E-state index contributed by atoms with van der Waals surface area (Å²) >= 11 is 1.44. The number of aromatic nitrogens is 2. The topological polar surface area (TPSA) is 75.6 Å². The normalized spacial score (nSPS) is 9.88. The number of rotatable bonds is 3. The van der Waals surface area contributed by atoms with Crippen LogP contribution < -0.4 is 5.73 Å². The number of nitrogens with two attached hydrogens (primary N) is 1. The Hall–Kier alpha value is -1.90. The van der Waals surface area contributed by atoms with Crippen LogP contribution in [0.1, 0.15) is 11.1 Å². The van der Waals surface area contributed by atoms with Crippen molar-refractivity contribution in [3.8, 4) is 6.07 Å². The van der Waals surface area contributed by atoms with E-state index < -0.39 is 0 Å². The van der Waals surface area contributed by atoms with E-state index in [4.69, 9.17) is 11.0 Å². The molecule has 17 heavy (non-hydrogen) atoms. The number of nitriles is 1. The van der Waals surface area contributed by atoms with Gasteiger partial charge in [0, 0.05) is 17.6 Å². The quantitative estimate of drug-likeness (QED) is 0.833. The Morgan fingerprint density at radius 3 is 2.88 bits per heavy atom. The Balaban J connectivity index is 2.31. The molecule has 0 saturated heterocycles. The summed E-state index contributed by atoms with van der Waals surface area (Å²) in [4.78, 5) is 8.84. The molecule has 0 radical (unpaired) electrons. The largest absolute Gasteiger partial charge is 0.326 e. The molecule has 0 unspecified atom stereocenters. The van der Waals surface area contributed by atoms with Gasteiger partial charge in [-0.25, -0.2) is 9.97 Å². The highest BCUT2D eigenvalue weighted by atomic mass is 32.2. The fourth-order valence-corrected chi connectivity index (χ4v) is 2.14. The molecular weight excluding hydrogens is 232 g/mol. The number of hydrogen-bond donors (Lipinski definition) is 1. The van der Waals surface area contributed by atoms with Gasteiger partial charge in [0.1, 0.15) is 17.4 Å². The first-order chi connectivity index (χ1) is 8.33. The second kappa shape index (κ2) is 5.43. The maximum absolute atomic E-state index is 9.08. The highest BCUT2D eigenvalue weighted by Gasteiger charge is 2.05. The van der Waals surface area contributed by atoms with Crippen LogP contribution >= 0.6 is 11.8 Å². The molecule has 1 heterocycles. The summed E-state index contributed by atoms with van der Waals surface area (Å²) in [6, 6.07) is 9.61. The smallest absolute Gasteiger partial charge is 0.116 e. The third-order valence-corrected chi connectivity index (χ3v) is 3.20. The van der Waals surface area contributed by atoms with E-state index in [1.54, 1.807) is 6.20 Å². The van der Waals surface area contributed by atoms with E-state index in [0.29, 0.717) is 12.1 Å². The molecule has 1 aromatic carbocycles. The van der Waals surface area contributed by atoms with Crippen molar-refractivity contribution in [2.75, 3.05) is 0 Å². The molecule has 0 bridgehead atoms. The lowest BCUT2D eigenvalue weighted by atomic mass is 10.1. The van der Waals surface area contributed by atoms with E-state index >= 15 is 0 Å². The van der Waals surface area contributed by atoms with Gasteiger partial charge < -0.3 is 5.73 Å². The molecule has 0 aliphatic heterocycles. The lowest BCUT2D eigenvalue weighted by molar-refractivity contribution is 1.04. The summed E-state index contributed by atoms with van der Waals surface area (Å²) < 4.78 is 0. The molecule has 0 atom stereocenters. The van der Waals surface area contributed by atoms with Crippen LogP contribution in [0.25, 0.3) is 0 Å². The summed E-state index contributed by atoms with van der Waals surface area (Å²) in [6.07, 6.45) is 3.16. The molecule has 0 saturated carbocycles. The van der Waals surface area contributed by atoms with E-state index in [9.17, 15) is 0 Å². The fourth-order valence-electron chi connectivity index (χ4n) is 1.33. The molecule has 5 heteroatoms. The van der Waals surface area contributed by atoms with Crippen LogP contribution in [-0.4, -0.2) is 9.97 Å². The average molecular weight is 242 g/mol. The molecule has 0 aliphatic rings. The molecule has 0 amide bonds. The van der Waals surface area contributed by atoms with Gasteiger partial charge in [-0.3, -0.25) is 0 Å². The molecule has 2 aromatic rings. The zero-order valence-corrected chi connectivity index (χ0v) is 9.81. The third kappa shape index (κ3) is 2.81. The Bertz CT molecular complexity index is 548. The fraction of sp³-hybridized carbons (Fsp3) is 0.0833. The van der Waals surface area contributed by atoms with Crippen molar-refractivity contribution in [3.05, 3.63) is 47.9 Å². The Labute approximate surface area is 104 Å². The third-order valence-electron chi connectivity index (χ3n) is 2.17. The summed E-state index contributed by atoms with van der Waals surface area (Å²) in [5.74, 6) is 0. The molecule has 4 nitrogen and oxygen atoms in total.